The number of rotatable bonds is 6. The third kappa shape index (κ3) is 4.46. The minimum Gasteiger partial charge on any atom is -0.488 e. The Balaban J connectivity index is 1.52. The Kier molecular flexibility index (Phi) is 5.46. The van der Waals surface area contributed by atoms with E-state index in [1.165, 1.54) is 12.1 Å². The molecule has 3 N–H and O–H groups in total. The van der Waals surface area contributed by atoms with Crippen LogP contribution in [0.15, 0.2) is 48.0 Å². The molecule has 0 saturated heterocycles. The molecule has 6 nitrogen and oxygen atoms in total. The summed E-state index contributed by atoms with van der Waals surface area (Å²) in [7, 11) is 0. The summed E-state index contributed by atoms with van der Waals surface area (Å²) in [6.07, 6.45) is 1.68. The monoisotopic (exact) mass is 428 g/mol. The van der Waals surface area contributed by atoms with Gasteiger partial charge in [-0.2, -0.15) is 0 Å². The van der Waals surface area contributed by atoms with E-state index < -0.39 is 17.9 Å². The molecule has 2 aromatic carbocycles. The lowest BCUT2D eigenvalue weighted by Gasteiger charge is -2.21. The minimum absolute atomic E-state index is 0.0753. The molecule has 3 aromatic rings. The molecule has 0 fully saturated rings. The van der Waals surface area contributed by atoms with Gasteiger partial charge in [0, 0.05) is 39.6 Å². The number of amides is 1. The molecule has 1 unspecified atom stereocenters. The number of benzene rings is 2. The predicted molar refractivity (Wildman–Crippen MR) is 111 cm³/mol. The minimum atomic E-state index is -1.03. The molecule has 8 heteroatoms. The molecular weight excluding hydrogens is 411 g/mol. The first-order valence-corrected chi connectivity index (χ1v) is 9.68. The highest BCUT2D eigenvalue weighted by Gasteiger charge is 2.22. The summed E-state index contributed by atoms with van der Waals surface area (Å²) < 4.78 is 19.0. The number of carbonyl (C=O) groups excluding carboxylic acids is 1. The van der Waals surface area contributed by atoms with Crippen LogP contribution >= 0.6 is 11.6 Å². The number of nitrogens with one attached hydrogen (secondary N) is 2. The SMILES string of the molecule is O=C(O)CC(Cc1cc2cc(F)ccc2[nH]1)NC(=O)C1=Cc2cc(Cl)ccc2OC1. The maximum absolute atomic E-state index is 13.4. The summed E-state index contributed by atoms with van der Waals surface area (Å²) in [5, 5.41) is 13.2. The summed E-state index contributed by atoms with van der Waals surface area (Å²) >= 11 is 6.00. The van der Waals surface area contributed by atoms with Gasteiger partial charge in [0.05, 0.1) is 12.0 Å². The first kappa shape index (κ1) is 20.0. The van der Waals surface area contributed by atoms with Crippen LogP contribution in [-0.2, 0) is 16.0 Å². The molecule has 0 saturated carbocycles. The van der Waals surface area contributed by atoms with Crippen molar-refractivity contribution in [1.29, 1.82) is 0 Å². The molecule has 0 bridgehead atoms. The Morgan fingerprint density at radius 2 is 2.07 bits per heavy atom. The van der Waals surface area contributed by atoms with Gasteiger partial charge in [0.25, 0.3) is 5.91 Å². The molecule has 2 heterocycles. The number of H-pyrrole nitrogens is 1. The van der Waals surface area contributed by atoms with Crippen LogP contribution in [0, 0.1) is 5.82 Å². The van der Waals surface area contributed by atoms with Crippen molar-refractivity contribution in [2.24, 2.45) is 0 Å². The maximum Gasteiger partial charge on any atom is 0.305 e. The molecule has 1 aliphatic rings. The van der Waals surface area contributed by atoms with Gasteiger partial charge >= 0.3 is 5.97 Å². The van der Waals surface area contributed by atoms with E-state index in [1.807, 2.05) is 0 Å². The summed E-state index contributed by atoms with van der Waals surface area (Å²) in [6, 6.07) is 10.6. The van der Waals surface area contributed by atoms with Crippen LogP contribution in [0.25, 0.3) is 17.0 Å². The molecule has 4 rings (SSSR count). The standard InChI is InChI=1S/C22H18ClFN2O4/c23-15-1-4-20-13(6-15)5-14(11-30-20)22(29)26-18(10-21(27)28)9-17-8-12-7-16(24)2-3-19(12)25-17/h1-8,18,25H,9-11H2,(H,26,29)(H,27,28). The lowest BCUT2D eigenvalue weighted by Crippen LogP contribution is -2.40. The first-order chi connectivity index (χ1) is 14.4. The number of halogens is 2. The van der Waals surface area contributed by atoms with Crippen molar-refractivity contribution in [3.63, 3.8) is 0 Å². The van der Waals surface area contributed by atoms with Crippen molar-refractivity contribution in [2.45, 2.75) is 18.9 Å². The molecule has 0 radical (unpaired) electrons. The number of hydrogen-bond donors (Lipinski definition) is 3. The van der Waals surface area contributed by atoms with E-state index in [4.69, 9.17) is 16.3 Å². The average Bonchev–Trinajstić information content (AvgIpc) is 3.08. The van der Waals surface area contributed by atoms with E-state index in [0.717, 1.165) is 5.52 Å². The number of aromatic amines is 1. The number of aromatic nitrogens is 1. The van der Waals surface area contributed by atoms with Crippen molar-refractivity contribution < 1.29 is 23.8 Å². The van der Waals surface area contributed by atoms with E-state index in [9.17, 15) is 19.1 Å². The van der Waals surface area contributed by atoms with Crippen molar-refractivity contribution >= 4 is 40.5 Å². The van der Waals surface area contributed by atoms with Crippen molar-refractivity contribution in [3.05, 3.63) is 70.1 Å². The van der Waals surface area contributed by atoms with Crippen LogP contribution in [-0.4, -0.2) is 34.6 Å². The zero-order valence-electron chi connectivity index (χ0n) is 15.7. The van der Waals surface area contributed by atoms with Gasteiger partial charge in [-0.3, -0.25) is 9.59 Å². The zero-order chi connectivity index (χ0) is 21.3. The molecule has 30 heavy (non-hydrogen) atoms. The molecule has 1 atom stereocenters. The number of carboxylic acids is 1. The van der Waals surface area contributed by atoms with Crippen molar-refractivity contribution in [1.82, 2.24) is 10.3 Å². The third-order valence-electron chi connectivity index (χ3n) is 4.84. The number of fused-ring (bicyclic) bond motifs is 2. The van der Waals surface area contributed by atoms with Gasteiger partial charge in [0.1, 0.15) is 18.2 Å². The largest absolute Gasteiger partial charge is 0.488 e. The van der Waals surface area contributed by atoms with Crippen LogP contribution in [0.4, 0.5) is 4.39 Å². The predicted octanol–water partition coefficient (Wildman–Crippen LogP) is 3.94. The second-order valence-electron chi connectivity index (χ2n) is 7.14. The van der Waals surface area contributed by atoms with E-state index in [1.54, 1.807) is 36.4 Å². The van der Waals surface area contributed by atoms with Crippen LogP contribution in [0.3, 0.4) is 0 Å². The number of ether oxygens (including phenoxy) is 1. The summed E-state index contributed by atoms with van der Waals surface area (Å²) in [4.78, 5) is 27.2. The first-order valence-electron chi connectivity index (χ1n) is 9.30. The molecule has 0 aliphatic carbocycles. The van der Waals surface area contributed by atoms with E-state index in [2.05, 4.69) is 10.3 Å². The number of carbonyl (C=O) groups is 2. The summed E-state index contributed by atoms with van der Waals surface area (Å²) in [5.41, 5.74) is 2.50. The Morgan fingerprint density at radius 1 is 1.23 bits per heavy atom. The van der Waals surface area contributed by atoms with Gasteiger partial charge in [-0.25, -0.2) is 4.39 Å². The molecule has 1 amide bonds. The highest BCUT2D eigenvalue weighted by atomic mass is 35.5. The number of aliphatic carboxylic acids is 1. The maximum atomic E-state index is 13.4. The quantitative estimate of drug-likeness (QED) is 0.554. The molecular formula is C22H18ClFN2O4. The van der Waals surface area contributed by atoms with Gasteiger partial charge in [-0.1, -0.05) is 11.6 Å². The fourth-order valence-electron chi connectivity index (χ4n) is 3.48. The summed E-state index contributed by atoms with van der Waals surface area (Å²) in [5.74, 6) is -1.17. The second kappa shape index (κ2) is 8.20. The highest BCUT2D eigenvalue weighted by Crippen LogP contribution is 2.29. The van der Waals surface area contributed by atoms with Crippen LogP contribution in [0.2, 0.25) is 5.02 Å². The normalized spacial score (nSPS) is 13.9. The van der Waals surface area contributed by atoms with Crippen molar-refractivity contribution in [3.8, 4) is 5.75 Å². The van der Waals surface area contributed by atoms with E-state index >= 15 is 0 Å². The average molecular weight is 429 g/mol. The molecule has 1 aromatic heterocycles. The number of hydrogen-bond acceptors (Lipinski definition) is 3. The Bertz CT molecular complexity index is 1170. The van der Waals surface area contributed by atoms with Gasteiger partial charge in [0.2, 0.25) is 0 Å². The van der Waals surface area contributed by atoms with Gasteiger partial charge < -0.3 is 20.1 Å². The van der Waals surface area contributed by atoms with Gasteiger partial charge in [-0.05, 0) is 48.5 Å². The van der Waals surface area contributed by atoms with Crippen LogP contribution in [0.5, 0.6) is 5.75 Å². The van der Waals surface area contributed by atoms with Crippen LogP contribution in [0.1, 0.15) is 17.7 Å². The fourth-order valence-corrected chi connectivity index (χ4v) is 3.66. The molecule has 1 aliphatic heterocycles. The Labute approximate surface area is 176 Å². The summed E-state index contributed by atoms with van der Waals surface area (Å²) in [6.45, 7) is 0.0753. The van der Waals surface area contributed by atoms with Crippen molar-refractivity contribution in [2.75, 3.05) is 6.61 Å². The third-order valence-corrected chi connectivity index (χ3v) is 5.07. The van der Waals surface area contributed by atoms with Gasteiger partial charge in [-0.15, -0.1) is 0 Å². The smallest absolute Gasteiger partial charge is 0.305 e. The lowest BCUT2D eigenvalue weighted by molar-refractivity contribution is -0.137. The fraction of sp³-hybridized carbons (Fsp3) is 0.182. The number of carboxylic acid groups (broad SMARTS) is 1. The lowest BCUT2D eigenvalue weighted by atomic mass is 10.0. The van der Waals surface area contributed by atoms with E-state index in [-0.39, 0.29) is 25.3 Å². The van der Waals surface area contributed by atoms with E-state index in [0.29, 0.717) is 33.0 Å². The zero-order valence-corrected chi connectivity index (χ0v) is 16.5. The topological polar surface area (TPSA) is 91.4 Å². The van der Waals surface area contributed by atoms with Crippen LogP contribution < -0.4 is 10.1 Å². The Hall–Kier alpha value is -3.32. The van der Waals surface area contributed by atoms with Gasteiger partial charge in [0.15, 0.2) is 0 Å². The molecule has 154 valence electrons. The second-order valence-corrected chi connectivity index (χ2v) is 7.58. The highest BCUT2D eigenvalue weighted by molar-refractivity contribution is 6.30. The Morgan fingerprint density at radius 3 is 2.87 bits per heavy atom. The molecule has 0 spiro atoms.